The number of fused-ring (bicyclic) bond motifs is 7. The Hall–Kier alpha value is -1.73. The lowest BCUT2D eigenvalue weighted by molar-refractivity contribution is -0.118. The third kappa shape index (κ3) is 2.62. The van der Waals surface area contributed by atoms with Crippen LogP contribution in [0.5, 0.6) is 0 Å². The average Bonchev–Trinajstić information content (AvgIpc) is 3.31. The summed E-state index contributed by atoms with van der Waals surface area (Å²) in [5.41, 5.74) is 3.09. The van der Waals surface area contributed by atoms with Crippen molar-refractivity contribution < 1.29 is 4.79 Å². The highest BCUT2D eigenvalue weighted by atomic mass is 35.5. The zero-order valence-electron chi connectivity index (χ0n) is 16.8. The molecule has 4 nitrogen and oxygen atoms in total. The van der Waals surface area contributed by atoms with Gasteiger partial charge in [-0.1, -0.05) is 49.2 Å². The van der Waals surface area contributed by atoms with E-state index in [1.54, 1.807) is 23.5 Å². The molecule has 31 heavy (non-hydrogen) atoms. The Labute approximate surface area is 197 Å². The SMILES string of the molecule is CC1(C)C2CCC1(C(=O)Sc1nc3ccccc3s1)c1nc3cc(Cl)c(Cl)cc3nc12. The third-order valence-electron chi connectivity index (χ3n) is 7.05. The van der Waals surface area contributed by atoms with Crippen LogP contribution in [0.4, 0.5) is 0 Å². The van der Waals surface area contributed by atoms with Crippen molar-refractivity contribution >= 4 is 72.7 Å². The highest BCUT2D eigenvalue weighted by molar-refractivity contribution is 8.15. The van der Waals surface area contributed by atoms with Gasteiger partial charge in [0.05, 0.1) is 48.1 Å². The molecule has 2 aliphatic rings. The van der Waals surface area contributed by atoms with Crippen molar-refractivity contribution in [2.24, 2.45) is 5.41 Å². The summed E-state index contributed by atoms with van der Waals surface area (Å²) in [5.74, 6) is 0.189. The van der Waals surface area contributed by atoms with Crippen LogP contribution in [0.1, 0.15) is 44.0 Å². The van der Waals surface area contributed by atoms with Crippen LogP contribution in [-0.2, 0) is 10.2 Å². The van der Waals surface area contributed by atoms with Gasteiger partial charge in [-0.2, -0.15) is 0 Å². The molecule has 1 saturated carbocycles. The van der Waals surface area contributed by atoms with Gasteiger partial charge in [-0.3, -0.25) is 4.79 Å². The van der Waals surface area contributed by atoms with Crippen molar-refractivity contribution in [2.75, 3.05) is 0 Å². The lowest BCUT2D eigenvalue weighted by atomic mass is 9.69. The molecule has 2 aromatic carbocycles. The molecular formula is C23H17Cl2N3OS2. The van der Waals surface area contributed by atoms with Crippen LogP contribution in [0.15, 0.2) is 40.7 Å². The van der Waals surface area contributed by atoms with Crippen molar-refractivity contribution in [1.82, 2.24) is 15.0 Å². The molecule has 2 atom stereocenters. The number of hydrogen-bond acceptors (Lipinski definition) is 6. The molecular weight excluding hydrogens is 469 g/mol. The first kappa shape index (κ1) is 19.9. The van der Waals surface area contributed by atoms with Gasteiger partial charge in [-0.15, -0.1) is 11.3 Å². The molecule has 2 heterocycles. The fraction of sp³-hybridized carbons (Fsp3) is 0.304. The molecule has 2 bridgehead atoms. The van der Waals surface area contributed by atoms with Gasteiger partial charge >= 0.3 is 0 Å². The molecule has 156 valence electrons. The number of halogens is 2. The molecule has 6 rings (SSSR count). The molecule has 0 spiro atoms. The number of aromatic nitrogens is 3. The normalized spacial score (nSPS) is 23.5. The minimum atomic E-state index is -0.692. The van der Waals surface area contributed by atoms with Crippen molar-refractivity contribution in [3.8, 4) is 0 Å². The van der Waals surface area contributed by atoms with E-state index in [1.807, 2.05) is 24.3 Å². The van der Waals surface area contributed by atoms with E-state index in [4.69, 9.17) is 33.2 Å². The highest BCUT2D eigenvalue weighted by Crippen LogP contribution is 2.68. The van der Waals surface area contributed by atoms with Crippen LogP contribution in [0.3, 0.4) is 0 Å². The number of carbonyl (C=O) groups is 1. The van der Waals surface area contributed by atoms with E-state index in [2.05, 4.69) is 18.8 Å². The molecule has 4 aromatic rings. The number of benzene rings is 2. The van der Waals surface area contributed by atoms with E-state index < -0.39 is 5.41 Å². The zero-order chi connectivity index (χ0) is 21.5. The summed E-state index contributed by atoms with van der Waals surface area (Å²) < 4.78 is 1.86. The van der Waals surface area contributed by atoms with E-state index in [9.17, 15) is 4.79 Å². The van der Waals surface area contributed by atoms with E-state index in [1.165, 1.54) is 11.8 Å². The summed E-state index contributed by atoms with van der Waals surface area (Å²) in [6, 6.07) is 11.5. The summed E-state index contributed by atoms with van der Waals surface area (Å²) >= 11 is 15.3. The molecule has 2 aromatic heterocycles. The predicted molar refractivity (Wildman–Crippen MR) is 127 cm³/mol. The number of para-hydroxylation sites is 1. The fourth-order valence-electron chi connectivity index (χ4n) is 5.39. The van der Waals surface area contributed by atoms with Gasteiger partial charge in [0.15, 0.2) is 4.34 Å². The first-order valence-corrected chi connectivity index (χ1v) is 12.5. The minimum Gasteiger partial charge on any atom is -0.286 e. The van der Waals surface area contributed by atoms with Crippen LogP contribution in [-0.4, -0.2) is 20.1 Å². The quantitative estimate of drug-likeness (QED) is 0.285. The Balaban J connectivity index is 1.49. The highest BCUT2D eigenvalue weighted by Gasteiger charge is 2.67. The number of rotatable bonds is 2. The van der Waals surface area contributed by atoms with E-state index in [0.29, 0.717) is 15.6 Å². The molecule has 0 saturated heterocycles. The van der Waals surface area contributed by atoms with Crippen molar-refractivity contribution in [3.05, 3.63) is 57.8 Å². The topological polar surface area (TPSA) is 55.7 Å². The summed E-state index contributed by atoms with van der Waals surface area (Å²) in [5, 5.41) is 1.00. The third-order valence-corrected chi connectivity index (χ3v) is 9.90. The maximum Gasteiger partial charge on any atom is 0.208 e. The maximum atomic E-state index is 13.9. The number of thiazole rings is 1. The van der Waals surface area contributed by atoms with E-state index >= 15 is 0 Å². The van der Waals surface area contributed by atoms with Crippen molar-refractivity contribution in [3.63, 3.8) is 0 Å². The average molecular weight is 486 g/mol. The van der Waals surface area contributed by atoms with E-state index in [-0.39, 0.29) is 16.4 Å². The number of nitrogens with zero attached hydrogens (tertiary/aromatic N) is 3. The largest absolute Gasteiger partial charge is 0.286 e. The van der Waals surface area contributed by atoms with Gasteiger partial charge in [0.2, 0.25) is 5.12 Å². The Morgan fingerprint density at radius 2 is 1.77 bits per heavy atom. The van der Waals surface area contributed by atoms with Crippen LogP contribution >= 0.6 is 46.3 Å². The first-order chi connectivity index (χ1) is 14.8. The second-order valence-electron chi connectivity index (χ2n) is 8.77. The number of carbonyl (C=O) groups excluding carboxylic acids is 1. The molecule has 0 N–H and O–H groups in total. The van der Waals surface area contributed by atoms with Gasteiger partial charge in [0, 0.05) is 5.92 Å². The summed E-state index contributed by atoms with van der Waals surface area (Å²) in [4.78, 5) is 28.5. The van der Waals surface area contributed by atoms with Gasteiger partial charge < -0.3 is 0 Å². The molecule has 0 radical (unpaired) electrons. The Morgan fingerprint density at radius 1 is 1.06 bits per heavy atom. The van der Waals surface area contributed by atoms with Crippen LogP contribution < -0.4 is 0 Å². The minimum absolute atomic E-state index is 0.103. The van der Waals surface area contributed by atoms with Gasteiger partial charge in [0.25, 0.3) is 0 Å². The van der Waals surface area contributed by atoms with Crippen molar-refractivity contribution in [2.45, 2.75) is 42.4 Å². The predicted octanol–water partition coefficient (Wildman–Crippen LogP) is 7.02. The Bertz CT molecular complexity index is 1380. The smallest absolute Gasteiger partial charge is 0.208 e. The molecule has 2 aliphatic carbocycles. The van der Waals surface area contributed by atoms with Gasteiger partial charge in [-0.05, 0) is 54.3 Å². The van der Waals surface area contributed by atoms with E-state index in [0.717, 1.165) is 44.3 Å². The standard InChI is InChI=1S/C23H17Cl2N3OS2/c1-22(2)11-7-8-23(22,20(29)31-21-28-14-5-3-4-6-17(14)30-21)19-18(11)26-15-9-12(24)13(25)10-16(15)27-19/h3-6,9-11H,7-8H2,1-2H3. The molecule has 0 amide bonds. The lowest BCUT2D eigenvalue weighted by Crippen LogP contribution is -2.42. The maximum absolute atomic E-state index is 13.9. The summed E-state index contributed by atoms with van der Waals surface area (Å²) in [7, 11) is 0. The number of thioether (sulfide) groups is 1. The Morgan fingerprint density at radius 3 is 2.52 bits per heavy atom. The molecule has 2 unspecified atom stereocenters. The zero-order valence-corrected chi connectivity index (χ0v) is 19.9. The van der Waals surface area contributed by atoms with Gasteiger partial charge in [-0.25, -0.2) is 15.0 Å². The van der Waals surface area contributed by atoms with Crippen molar-refractivity contribution in [1.29, 1.82) is 0 Å². The monoisotopic (exact) mass is 485 g/mol. The lowest BCUT2D eigenvalue weighted by Gasteiger charge is -2.35. The number of hydrogen-bond donors (Lipinski definition) is 0. The Kier molecular flexibility index (Phi) is 4.27. The first-order valence-electron chi connectivity index (χ1n) is 10.1. The fourth-order valence-corrected chi connectivity index (χ4v) is 8.00. The van der Waals surface area contributed by atoms with Crippen LogP contribution in [0, 0.1) is 5.41 Å². The second-order valence-corrected chi connectivity index (χ2v) is 11.8. The summed E-state index contributed by atoms with van der Waals surface area (Å²) in [6.45, 7) is 4.35. The van der Waals surface area contributed by atoms with Gasteiger partial charge in [0.1, 0.15) is 0 Å². The molecule has 0 aliphatic heterocycles. The second kappa shape index (κ2) is 6.64. The van der Waals surface area contributed by atoms with Crippen LogP contribution in [0.2, 0.25) is 10.0 Å². The van der Waals surface area contributed by atoms with Crippen LogP contribution in [0.25, 0.3) is 21.3 Å². The molecule has 8 heteroatoms. The summed E-state index contributed by atoms with van der Waals surface area (Å²) in [6.07, 6.45) is 1.70. The molecule has 1 fully saturated rings.